The van der Waals surface area contributed by atoms with Crippen molar-refractivity contribution in [1.29, 1.82) is 0 Å². The van der Waals surface area contributed by atoms with Gasteiger partial charge in [0.05, 0.1) is 12.2 Å². The molecule has 0 saturated carbocycles. The lowest BCUT2D eigenvalue weighted by atomic mass is 10.3. The summed E-state index contributed by atoms with van der Waals surface area (Å²) < 4.78 is 1.97. The molecule has 7 heteroatoms. The first kappa shape index (κ1) is 10.5. The molecule has 0 atom stereocenters. The van der Waals surface area contributed by atoms with Gasteiger partial charge in [-0.3, -0.25) is 9.41 Å². The fraction of sp³-hybridized carbons (Fsp3) is 0.400. The number of carbonyl (C=O) groups is 1. The van der Waals surface area contributed by atoms with E-state index in [1.54, 1.807) is 16.2 Å². The minimum absolute atomic E-state index is 0.118. The number of rotatable bonds is 2. The summed E-state index contributed by atoms with van der Waals surface area (Å²) in [6.07, 6.45) is 4.82. The van der Waals surface area contributed by atoms with Crippen LogP contribution < -0.4 is 5.84 Å². The first-order chi connectivity index (χ1) is 8.24. The lowest BCUT2D eigenvalue weighted by molar-refractivity contribution is 0.126. The van der Waals surface area contributed by atoms with Crippen molar-refractivity contribution in [3.63, 3.8) is 0 Å². The third-order valence-electron chi connectivity index (χ3n) is 2.84. The molecule has 1 fully saturated rings. The Morgan fingerprint density at radius 3 is 3.18 bits per heavy atom. The molecular weight excluding hydrogens is 238 g/mol. The molecule has 0 aliphatic carbocycles. The highest BCUT2D eigenvalue weighted by atomic mass is 32.1. The van der Waals surface area contributed by atoms with Gasteiger partial charge in [-0.25, -0.2) is 15.6 Å². The number of aromatic nitrogens is 2. The maximum Gasteiger partial charge on any atom is 0.334 e. The first-order valence-corrected chi connectivity index (χ1v) is 6.34. The molecule has 0 aromatic carbocycles. The van der Waals surface area contributed by atoms with Gasteiger partial charge in [0.1, 0.15) is 0 Å². The second-order valence-electron chi connectivity index (χ2n) is 4.08. The Labute approximate surface area is 102 Å². The van der Waals surface area contributed by atoms with Gasteiger partial charge >= 0.3 is 6.03 Å². The average Bonchev–Trinajstić information content (AvgIpc) is 2.85. The summed E-state index contributed by atoms with van der Waals surface area (Å²) in [5.41, 5.74) is 0.903. The minimum atomic E-state index is -0.118. The molecule has 6 nitrogen and oxygen atoms in total. The van der Waals surface area contributed by atoms with E-state index in [0.717, 1.165) is 23.6 Å². The van der Waals surface area contributed by atoms with E-state index in [1.165, 1.54) is 5.01 Å². The van der Waals surface area contributed by atoms with Crippen molar-refractivity contribution in [2.45, 2.75) is 13.0 Å². The molecular formula is C10H13N5OS. The molecule has 3 heterocycles. The summed E-state index contributed by atoms with van der Waals surface area (Å²) >= 11 is 1.58. The number of urea groups is 1. The summed E-state index contributed by atoms with van der Waals surface area (Å²) in [6.45, 7) is 1.91. The Hall–Kier alpha value is -1.60. The maximum absolute atomic E-state index is 11.8. The highest BCUT2D eigenvalue weighted by Crippen LogP contribution is 2.14. The maximum atomic E-state index is 11.8. The van der Waals surface area contributed by atoms with Crippen LogP contribution in [0.25, 0.3) is 4.96 Å². The van der Waals surface area contributed by atoms with Crippen LogP contribution in [0.1, 0.15) is 12.1 Å². The third kappa shape index (κ3) is 1.87. The number of carbonyl (C=O) groups excluding carboxylic acids is 1. The van der Waals surface area contributed by atoms with Gasteiger partial charge in [-0.05, 0) is 6.42 Å². The highest BCUT2D eigenvalue weighted by Gasteiger charge is 2.23. The molecule has 0 radical (unpaired) electrons. The molecule has 1 saturated heterocycles. The predicted octanol–water partition coefficient (Wildman–Crippen LogP) is 0.897. The van der Waals surface area contributed by atoms with Crippen molar-refractivity contribution < 1.29 is 4.79 Å². The van der Waals surface area contributed by atoms with E-state index in [9.17, 15) is 4.79 Å². The Balaban J connectivity index is 1.78. The molecule has 1 aliphatic rings. The molecule has 0 bridgehead atoms. The third-order valence-corrected chi connectivity index (χ3v) is 3.61. The van der Waals surface area contributed by atoms with Crippen molar-refractivity contribution in [3.05, 3.63) is 23.5 Å². The molecule has 2 aromatic rings. The zero-order valence-electron chi connectivity index (χ0n) is 9.24. The number of hydrazine groups is 1. The van der Waals surface area contributed by atoms with Gasteiger partial charge in [-0.2, -0.15) is 0 Å². The topological polar surface area (TPSA) is 66.9 Å². The van der Waals surface area contributed by atoms with E-state index >= 15 is 0 Å². The van der Waals surface area contributed by atoms with Gasteiger partial charge < -0.3 is 4.90 Å². The van der Waals surface area contributed by atoms with E-state index in [0.29, 0.717) is 13.1 Å². The minimum Gasteiger partial charge on any atom is -0.318 e. The quantitative estimate of drug-likeness (QED) is 0.637. The fourth-order valence-electron chi connectivity index (χ4n) is 2.00. The van der Waals surface area contributed by atoms with Crippen LogP contribution in [0.15, 0.2) is 17.8 Å². The number of nitrogens with two attached hydrogens (primary N) is 1. The second kappa shape index (κ2) is 4.01. The van der Waals surface area contributed by atoms with Gasteiger partial charge in [-0.1, -0.05) is 0 Å². The highest BCUT2D eigenvalue weighted by molar-refractivity contribution is 7.15. The SMILES string of the molecule is NN1CCCN(Cc2cn3ccsc3n2)C1=O. The summed E-state index contributed by atoms with van der Waals surface area (Å²) in [5.74, 6) is 5.60. The van der Waals surface area contributed by atoms with Crippen LogP contribution in [0.5, 0.6) is 0 Å². The van der Waals surface area contributed by atoms with Crippen LogP contribution in [-0.4, -0.2) is 38.4 Å². The van der Waals surface area contributed by atoms with E-state index in [-0.39, 0.29) is 6.03 Å². The van der Waals surface area contributed by atoms with Crippen LogP contribution in [-0.2, 0) is 6.54 Å². The van der Waals surface area contributed by atoms with Gasteiger partial charge in [0, 0.05) is 30.9 Å². The number of nitrogens with zero attached hydrogens (tertiary/aromatic N) is 4. The van der Waals surface area contributed by atoms with Crippen LogP contribution >= 0.6 is 11.3 Å². The fourth-order valence-corrected chi connectivity index (χ4v) is 2.72. The molecule has 90 valence electrons. The molecule has 0 unspecified atom stereocenters. The Kier molecular flexibility index (Phi) is 2.49. The van der Waals surface area contributed by atoms with Crippen molar-refractivity contribution in [2.24, 2.45) is 5.84 Å². The summed E-state index contributed by atoms with van der Waals surface area (Å²) in [6, 6.07) is -0.118. The molecule has 2 amide bonds. The molecule has 17 heavy (non-hydrogen) atoms. The smallest absolute Gasteiger partial charge is 0.318 e. The predicted molar refractivity (Wildman–Crippen MR) is 64.4 cm³/mol. The van der Waals surface area contributed by atoms with Crippen LogP contribution in [0.4, 0.5) is 4.79 Å². The average molecular weight is 251 g/mol. The standard InChI is InChI=1S/C10H13N5OS/c11-15-3-1-2-14(10(15)16)7-8-6-13-4-5-17-9(13)12-8/h4-6H,1-3,7,11H2. The summed E-state index contributed by atoms with van der Waals surface area (Å²) in [5, 5.41) is 3.25. The van der Waals surface area contributed by atoms with Crippen molar-refractivity contribution in [2.75, 3.05) is 13.1 Å². The number of imidazole rings is 1. The van der Waals surface area contributed by atoms with Gasteiger partial charge in [-0.15, -0.1) is 11.3 Å². The number of hydrogen-bond acceptors (Lipinski definition) is 4. The van der Waals surface area contributed by atoms with Crippen molar-refractivity contribution >= 4 is 22.3 Å². The van der Waals surface area contributed by atoms with E-state index in [2.05, 4.69) is 4.98 Å². The normalized spacial score (nSPS) is 17.1. The van der Waals surface area contributed by atoms with Crippen LogP contribution in [0.2, 0.25) is 0 Å². The number of amides is 2. The van der Waals surface area contributed by atoms with E-state index in [1.807, 2.05) is 22.2 Å². The zero-order chi connectivity index (χ0) is 11.8. The monoisotopic (exact) mass is 251 g/mol. The summed E-state index contributed by atoms with van der Waals surface area (Å²) in [4.78, 5) is 18.9. The zero-order valence-corrected chi connectivity index (χ0v) is 10.1. The second-order valence-corrected chi connectivity index (χ2v) is 4.95. The van der Waals surface area contributed by atoms with E-state index in [4.69, 9.17) is 5.84 Å². The van der Waals surface area contributed by atoms with Gasteiger partial charge in [0.15, 0.2) is 4.96 Å². The Morgan fingerprint density at radius 2 is 2.35 bits per heavy atom. The molecule has 1 aliphatic heterocycles. The van der Waals surface area contributed by atoms with Crippen molar-refractivity contribution in [3.8, 4) is 0 Å². The molecule has 2 aromatic heterocycles. The first-order valence-electron chi connectivity index (χ1n) is 5.46. The van der Waals surface area contributed by atoms with Gasteiger partial charge in [0.25, 0.3) is 0 Å². The van der Waals surface area contributed by atoms with Crippen LogP contribution in [0.3, 0.4) is 0 Å². The number of fused-ring (bicyclic) bond motifs is 1. The van der Waals surface area contributed by atoms with Crippen LogP contribution in [0, 0.1) is 0 Å². The summed E-state index contributed by atoms with van der Waals surface area (Å²) in [7, 11) is 0. The Bertz CT molecular complexity index is 519. The van der Waals surface area contributed by atoms with Crippen molar-refractivity contribution in [1.82, 2.24) is 19.3 Å². The largest absolute Gasteiger partial charge is 0.334 e. The number of hydrogen-bond donors (Lipinski definition) is 1. The van der Waals surface area contributed by atoms with Gasteiger partial charge in [0.2, 0.25) is 0 Å². The lowest BCUT2D eigenvalue weighted by Crippen LogP contribution is -2.52. The lowest BCUT2D eigenvalue weighted by Gasteiger charge is -2.32. The Morgan fingerprint density at radius 1 is 1.47 bits per heavy atom. The molecule has 2 N–H and O–H groups in total. The number of thiazole rings is 1. The molecule has 0 spiro atoms. The molecule has 3 rings (SSSR count). The van der Waals surface area contributed by atoms with E-state index < -0.39 is 0 Å².